The molecule has 0 aliphatic heterocycles. The molecule has 1 heterocycles. The van der Waals surface area contributed by atoms with Gasteiger partial charge in [-0.15, -0.1) is 0 Å². The predicted octanol–water partition coefficient (Wildman–Crippen LogP) is 2.48. The number of amides is 1. The van der Waals surface area contributed by atoms with Crippen LogP contribution in [-0.4, -0.2) is 37.7 Å². The topological polar surface area (TPSA) is 54.5 Å². The first-order valence-electron chi connectivity index (χ1n) is 7.76. The zero-order valence-corrected chi connectivity index (χ0v) is 13.7. The van der Waals surface area contributed by atoms with Crippen molar-refractivity contribution in [1.29, 1.82) is 0 Å². The molecule has 0 radical (unpaired) electrons. The Morgan fingerprint density at radius 3 is 2.74 bits per heavy atom. The van der Waals surface area contributed by atoms with Crippen molar-refractivity contribution in [3.63, 3.8) is 0 Å². The van der Waals surface area contributed by atoms with Crippen LogP contribution in [0.1, 0.15) is 23.0 Å². The summed E-state index contributed by atoms with van der Waals surface area (Å²) in [5, 5.41) is 2.79. The van der Waals surface area contributed by atoms with Gasteiger partial charge in [0.25, 0.3) is 5.91 Å². The van der Waals surface area contributed by atoms with Gasteiger partial charge in [0.05, 0.1) is 6.61 Å². The molecule has 0 fully saturated rings. The van der Waals surface area contributed by atoms with Crippen LogP contribution in [0.2, 0.25) is 0 Å². The number of carbonyl (C=O) groups excluding carboxylic acids is 1. The van der Waals surface area contributed by atoms with Crippen molar-refractivity contribution in [1.82, 2.24) is 10.3 Å². The molecule has 0 aliphatic rings. The van der Waals surface area contributed by atoms with E-state index in [1.165, 1.54) is 5.56 Å². The van der Waals surface area contributed by atoms with E-state index in [0.717, 1.165) is 18.8 Å². The van der Waals surface area contributed by atoms with Crippen molar-refractivity contribution in [3.8, 4) is 0 Å². The molecule has 1 amide bonds. The van der Waals surface area contributed by atoms with E-state index in [4.69, 9.17) is 4.74 Å². The first kappa shape index (κ1) is 17.0. The van der Waals surface area contributed by atoms with Crippen molar-refractivity contribution in [2.45, 2.75) is 13.5 Å². The molecule has 0 saturated carbocycles. The van der Waals surface area contributed by atoms with Crippen LogP contribution in [0.15, 0.2) is 48.7 Å². The number of carbonyl (C=O) groups is 1. The average Bonchev–Trinajstić information content (AvgIpc) is 2.61. The van der Waals surface area contributed by atoms with Crippen LogP contribution in [0.3, 0.4) is 0 Å². The number of rotatable bonds is 8. The third-order valence-corrected chi connectivity index (χ3v) is 3.53. The van der Waals surface area contributed by atoms with Crippen molar-refractivity contribution in [3.05, 3.63) is 59.9 Å². The lowest BCUT2D eigenvalue weighted by Crippen LogP contribution is -2.28. The fraction of sp³-hybridized carbons (Fsp3) is 0.333. The smallest absolute Gasteiger partial charge is 0.270 e. The van der Waals surface area contributed by atoms with Crippen molar-refractivity contribution < 1.29 is 9.53 Å². The number of aromatic nitrogens is 1. The maximum atomic E-state index is 12.1. The van der Waals surface area contributed by atoms with Crippen LogP contribution >= 0.6 is 0 Å². The van der Waals surface area contributed by atoms with Gasteiger partial charge >= 0.3 is 0 Å². The number of ether oxygens (including phenoxy) is 1. The van der Waals surface area contributed by atoms with Gasteiger partial charge in [-0.1, -0.05) is 30.3 Å². The number of anilines is 1. The molecule has 5 heteroatoms. The lowest BCUT2D eigenvalue weighted by molar-refractivity contribution is 0.0932. The highest BCUT2D eigenvalue weighted by Gasteiger charge is 2.11. The van der Waals surface area contributed by atoms with Gasteiger partial charge in [-0.2, -0.15) is 0 Å². The van der Waals surface area contributed by atoms with E-state index in [9.17, 15) is 4.79 Å². The molecular weight excluding hydrogens is 290 g/mol. The summed E-state index contributed by atoms with van der Waals surface area (Å²) in [4.78, 5) is 18.5. The van der Waals surface area contributed by atoms with Gasteiger partial charge in [0.1, 0.15) is 5.69 Å². The molecule has 0 atom stereocenters. The number of benzene rings is 1. The van der Waals surface area contributed by atoms with Crippen LogP contribution in [-0.2, 0) is 11.3 Å². The lowest BCUT2D eigenvalue weighted by Gasteiger charge is -2.23. The van der Waals surface area contributed by atoms with E-state index in [0.29, 0.717) is 18.8 Å². The van der Waals surface area contributed by atoms with E-state index in [1.54, 1.807) is 13.3 Å². The number of hydrogen-bond acceptors (Lipinski definition) is 4. The van der Waals surface area contributed by atoms with Gasteiger partial charge in [-0.05, 0) is 24.6 Å². The third kappa shape index (κ3) is 5.07. The molecule has 1 aromatic carbocycles. The normalized spacial score (nSPS) is 10.3. The average molecular weight is 313 g/mol. The lowest BCUT2D eigenvalue weighted by atomic mass is 10.2. The Morgan fingerprint density at radius 2 is 2.04 bits per heavy atom. The van der Waals surface area contributed by atoms with E-state index in [-0.39, 0.29) is 5.91 Å². The minimum Gasteiger partial charge on any atom is -0.383 e. The second-order valence-electron chi connectivity index (χ2n) is 5.15. The third-order valence-electron chi connectivity index (χ3n) is 3.53. The predicted molar refractivity (Wildman–Crippen MR) is 91.6 cm³/mol. The Labute approximate surface area is 137 Å². The molecule has 2 rings (SSSR count). The molecule has 2 aromatic rings. The number of pyridine rings is 1. The van der Waals surface area contributed by atoms with Crippen molar-refractivity contribution in [2.24, 2.45) is 0 Å². The molecule has 122 valence electrons. The monoisotopic (exact) mass is 313 g/mol. The Kier molecular flexibility index (Phi) is 6.56. The molecule has 1 aromatic heterocycles. The van der Waals surface area contributed by atoms with Crippen LogP contribution in [0.4, 0.5) is 5.69 Å². The first-order valence-corrected chi connectivity index (χ1v) is 7.76. The highest BCUT2D eigenvalue weighted by molar-refractivity contribution is 5.93. The van der Waals surface area contributed by atoms with Crippen LogP contribution in [0.5, 0.6) is 0 Å². The standard InChI is InChI=1S/C18H23N3O2/c1-3-21(14-15-7-5-4-6-8-15)16-9-10-19-17(13-16)18(22)20-11-12-23-2/h4-10,13H,3,11-12,14H2,1-2H3,(H,20,22). The molecule has 5 nitrogen and oxygen atoms in total. The van der Waals surface area contributed by atoms with Gasteiger partial charge in [0.2, 0.25) is 0 Å². The summed E-state index contributed by atoms with van der Waals surface area (Å²) in [5.41, 5.74) is 2.64. The van der Waals surface area contributed by atoms with Gasteiger partial charge in [-0.3, -0.25) is 9.78 Å². The summed E-state index contributed by atoms with van der Waals surface area (Å²) in [6, 6.07) is 14.0. The molecule has 0 spiro atoms. The highest BCUT2D eigenvalue weighted by Crippen LogP contribution is 2.17. The summed E-state index contributed by atoms with van der Waals surface area (Å²) in [6.07, 6.45) is 1.67. The number of hydrogen-bond donors (Lipinski definition) is 1. The van der Waals surface area contributed by atoms with Gasteiger partial charge in [-0.25, -0.2) is 0 Å². The minimum atomic E-state index is -0.181. The fourth-order valence-electron chi connectivity index (χ4n) is 2.29. The summed E-state index contributed by atoms with van der Waals surface area (Å²) >= 11 is 0. The Balaban J connectivity index is 2.08. The SMILES string of the molecule is CCN(Cc1ccccc1)c1ccnc(C(=O)NCCOC)c1. The van der Waals surface area contributed by atoms with Gasteiger partial charge < -0.3 is 15.0 Å². The summed E-state index contributed by atoms with van der Waals surface area (Å²) in [7, 11) is 1.60. The van der Waals surface area contributed by atoms with E-state index in [1.807, 2.05) is 30.3 Å². The second kappa shape index (κ2) is 8.90. The maximum absolute atomic E-state index is 12.1. The number of methoxy groups -OCH3 is 1. The summed E-state index contributed by atoms with van der Waals surface area (Å²) in [6.45, 7) is 4.71. The second-order valence-corrected chi connectivity index (χ2v) is 5.15. The zero-order valence-electron chi connectivity index (χ0n) is 13.7. The molecule has 1 N–H and O–H groups in total. The number of nitrogens with zero attached hydrogens (tertiary/aromatic N) is 2. The fourth-order valence-corrected chi connectivity index (χ4v) is 2.29. The summed E-state index contributed by atoms with van der Waals surface area (Å²) < 4.78 is 4.93. The van der Waals surface area contributed by atoms with Crippen molar-refractivity contribution in [2.75, 3.05) is 31.7 Å². The Hall–Kier alpha value is -2.40. The Bertz CT molecular complexity index is 617. The van der Waals surface area contributed by atoms with Crippen LogP contribution in [0, 0.1) is 0 Å². The van der Waals surface area contributed by atoms with Gasteiger partial charge in [0, 0.05) is 38.6 Å². The molecule has 0 unspecified atom stereocenters. The van der Waals surface area contributed by atoms with Crippen LogP contribution in [0.25, 0.3) is 0 Å². The highest BCUT2D eigenvalue weighted by atomic mass is 16.5. The van der Waals surface area contributed by atoms with Crippen molar-refractivity contribution >= 4 is 11.6 Å². The zero-order chi connectivity index (χ0) is 16.5. The maximum Gasteiger partial charge on any atom is 0.270 e. The van der Waals surface area contributed by atoms with Crippen LogP contribution < -0.4 is 10.2 Å². The summed E-state index contributed by atoms with van der Waals surface area (Å²) in [5.74, 6) is -0.181. The molecule has 0 bridgehead atoms. The Morgan fingerprint density at radius 1 is 1.26 bits per heavy atom. The van der Waals surface area contributed by atoms with E-state index >= 15 is 0 Å². The quantitative estimate of drug-likeness (QED) is 0.761. The van der Waals surface area contributed by atoms with E-state index in [2.05, 4.69) is 34.3 Å². The molecule has 0 aliphatic carbocycles. The molecule has 23 heavy (non-hydrogen) atoms. The van der Waals surface area contributed by atoms with E-state index < -0.39 is 0 Å². The molecule has 0 saturated heterocycles. The van der Waals surface area contributed by atoms with Gasteiger partial charge in [0.15, 0.2) is 0 Å². The minimum absolute atomic E-state index is 0.181. The number of nitrogens with one attached hydrogen (secondary N) is 1. The molecular formula is C18H23N3O2. The first-order chi connectivity index (χ1) is 11.2. The largest absolute Gasteiger partial charge is 0.383 e.